The molecule has 1 aromatic rings. The second-order valence-electron chi connectivity index (χ2n) is 10.8. The van der Waals surface area contributed by atoms with Crippen LogP contribution in [0, 0.1) is 12.8 Å². The lowest BCUT2D eigenvalue weighted by Gasteiger charge is -2.35. The van der Waals surface area contributed by atoms with Crippen LogP contribution >= 0.6 is 0 Å². The van der Waals surface area contributed by atoms with Crippen LogP contribution in [-0.2, 0) is 23.9 Å². The summed E-state index contributed by atoms with van der Waals surface area (Å²) in [7, 11) is 0. The number of amides is 3. The van der Waals surface area contributed by atoms with E-state index in [4.69, 9.17) is 9.47 Å². The zero-order valence-electron chi connectivity index (χ0n) is 24.4. The summed E-state index contributed by atoms with van der Waals surface area (Å²) < 4.78 is 10.4. The smallest absolute Gasteiger partial charge is 0.408 e. The fourth-order valence-electron chi connectivity index (χ4n) is 3.96. The number of ether oxygens (including phenoxy) is 2. The molecule has 0 heterocycles. The van der Waals surface area contributed by atoms with Crippen molar-refractivity contribution in [2.75, 3.05) is 19.7 Å². The molecule has 0 bridgehead atoms. The van der Waals surface area contributed by atoms with Crippen LogP contribution < -0.4 is 10.6 Å². The number of benzene rings is 1. The normalized spacial score (nSPS) is 12.9. The van der Waals surface area contributed by atoms with Crippen molar-refractivity contribution in [3.63, 3.8) is 0 Å². The molecule has 0 aromatic heterocycles. The average molecular weight is 534 g/mol. The summed E-state index contributed by atoms with van der Waals surface area (Å²) in [5, 5.41) is 5.54. The highest BCUT2D eigenvalue weighted by Crippen LogP contribution is 2.25. The van der Waals surface area contributed by atoms with Gasteiger partial charge in [0.25, 0.3) is 0 Å². The lowest BCUT2D eigenvalue weighted by molar-refractivity contribution is -0.144. The zero-order valence-corrected chi connectivity index (χ0v) is 24.4. The lowest BCUT2D eigenvalue weighted by atomic mass is 9.97. The Labute approximate surface area is 228 Å². The number of carbonyl (C=O) groups is 4. The highest BCUT2D eigenvalue weighted by molar-refractivity contribution is 5.92. The predicted molar refractivity (Wildman–Crippen MR) is 147 cm³/mol. The molecule has 0 spiro atoms. The number of hydrogen-bond acceptors (Lipinski definition) is 6. The Morgan fingerprint density at radius 1 is 1.05 bits per heavy atom. The van der Waals surface area contributed by atoms with E-state index in [1.165, 1.54) is 0 Å². The van der Waals surface area contributed by atoms with Gasteiger partial charge in [-0.1, -0.05) is 63.4 Å². The van der Waals surface area contributed by atoms with Gasteiger partial charge in [-0.2, -0.15) is 0 Å². The van der Waals surface area contributed by atoms with Crippen molar-refractivity contribution in [3.05, 3.63) is 35.4 Å². The molecule has 0 aliphatic rings. The second kappa shape index (κ2) is 16.0. The molecule has 2 N–H and O–H groups in total. The quantitative estimate of drug-likeness (QED) is 0.265. The largest absolute Gasteiger partial charge is 0.466 e. The van der Waals surface area contributed by atoms with Crippen molar-refractivity contribution in [1.29, 1.82) is 0 Å². The molecular weight excluding hydrogens is 486 g/mol. The molecule has 2 atom stereocenters. The Bertz CT molecular complexity index is 925. The maximum absolute atomic E-state index is 14.1. The van der Waals surface area contributed by atoms with Crippen LogP contribution in [0.25, 0.3) is 0 Å². The molecule has 38 heavy (non-hydrogen) atoms. The SMILES string of the molecule is CCCCCN(C(=O)C(NC(=O)OC(C)(C)C)C(C)C)C(C(=O)NCCC(=O)OCC)c1cccc(C)c1. The monoisotopic (exact) mass is 533 g/mol. The Morgan fingerprint density at radius 2 is 1.74 bits per heavy atom. The first-order valence-electron chi connectivity index (χ1n) is 13.6. The zero-order chi connectivity index (χ0) is 28.9. The van der Waals surface area contributed by atoms with Gasteiger partial charge < -0.3 is 25.0 Å². The summed E-state index contributed by atoms with van der Waals surface area (Å²) in [5.41, 5.74) is 0.876. The minimum atomic E-state index is -0.942. The minimum absolute atomic E-state index is 0.0265. The predicted octanol–water partition coefficient (Wildman–Crippen LogP) is 4.67. The molecule has 1 aromatic carbocycles. The summed E-state index contributed by atoms with van der Waals surface area (Å²) in [5.74, 6) is -1.43. The van der Waals surface area contributed by atoms with E-state index in [1.54, 1.807) is 32.6 Å². The number of esters is 1. The van der Waals surface area contributed by atoms with Crippen molar-refractivity contribution in [2.24, 2.45) is 5.92 Å². The fourth-order valence-corrected chi connectivity index (χ4v) is 3.96. The first kappa shape index (κ1) is 32.9. The van der Waals surface area contributed by atoms with Crippen molar-refractivity contribution in [3.8, 4) is 0 Å². The number of carbonyl (C=O) groups excluding carboxylic acids is 4. The van der Waals surface area contributed by atoms with Gasteiger partial charge >= 0.3 is 12.1 Å². The van der Waals surface area contributed by atoms with Crippen LogP contribution in [0.5, 0.6) is 0 Å². The van der Waals surface area contributed by atoms with Gasteiger partial charge in [-0.05, 0) is 52.5 Å². The van der Waals surface area contributed by atoms with Crippen molar-refractivity contribution < 1.29 is 28.7 Å². The Hall–Kier alpha value is -3.10. The highest BCUT2D eigenvalue weighted by Gasteiger charge is 2.37. The van der Waals surface area contributed by atoms with E-state index in [-0.39, 0.29) is 31.4 Å². The summed E-state index contributed by atoms with van der Waals surface area (Å²) >= 11 is 0. The third-order valence-electron chi connectivity index (χ3n) is 5.74. The van der Waals surface area contributed by atoms with Gasteiger partial charge in [0.05, 0.1) is 13.0 Å². The van der Waals surface area contributed by atoms with Gasteiger partial charge in [-0.15, -0.1) is 0 Å². The molecular formula is C29H47N3O6. The van der Waals surface area contributed by atoms with E-state index in [0.717, 1.165) is 18.4 Å². The van der Waals surface area contributed by atoms with E-state index in [9.17, 15) is 19.2 Å². The second-order valence-corrected chi connectivity index (χ2v) is 10.8. The first-order chi connectivity index (χ1) is 17.8. The number of nitrogens with one attached hydrogen (secondary N) is 2. The molecule has 2 unspecified atom stereocenters. The standard InChI is InChI=1S/C29H47N3O6/c1-9-11-12-18-32(27(35)24(20(3)4)31-28(36)38-29(6,7)8)25(22-15-13-14-21(5)19-22)26(34)30-17-16-23(33)37-10-2/h13-15,19-20,24-25H,9-12,16-18H2,1-8H3,(H,30,34)(H,31,36). The van der Waals surface area contributed by atoms with Gasteiger partial charge in [-0.3, -0.25) is 14.4 Å². The summed E-state index contributed by atoms with van der Waals surface area (Å²) in [6, 6.07) is 5.62. The van der Waals surface area contributed by atoms with Crippen LogP contribution in [0.3, 0.4) is 0 Å². The van der Waals surface area contributed by atoms with E-state index < -0.39 is 35.7 Å². The number of alkyl carbamates (subject to hydrolysis) is 1. The molecule has 3 amide bonds. The molecule has 9 nitrogen and oxygen atoms in total. The fraction of sp³-hybridized carbons (Fsp3) is 0.655. The molecule has 0 saturated carbocycles. The number of nitrogens with zero attached hydrogens (tertiary/aromatic N) is 1. The topological polar surface area (TPSA) is 114 Å². The molecule has 0 aliphatic carbocycles. The molecule has 0 fully saturated rings. The van der Waals surface area contributed by atoms with E-state index in [0.29, 0.717) is 18.5 Å². The average Bonchev–Trinajstić information content (AvgIpc) is 2.80. The van der Waals surface area contributed by atoms with E-state index in [2.05, 4.69) is 17.6 Å². The van der Waals surface area contributed by atoms with Gasteiger partial charge in [0, 0.05) is 13.1 Å². The third kappa shape index (κ3) is 11.5. The van der Waals surface area contributed by atoms with Crippen LogP contribution in [0.15, 0.2) is 24.3 Å². The van der Waals surface area contributed by atoms with Crippen LogP contribution in [0.4, 0.5) is 4.79 Å². The molecule has 0 radical (unpaired) electrons. The van der Waals surface area contributed by atoms with Gasteiger partial charge in [0.1, 0.15) is 17.7 Å². The number of hydrogen-bond donors (Lipinski definition) is 2. The third-order valence-corrected chi connectivity index (χ3v) is 5.74. The van der Waals surface area contributed by atoms with Crippen LogP contribution in [0.1, 0.15) is 91.3 Å². The Balaban J connectivity index is 3.39. The van der Waals surface area contributed by atoms with E-state index in [1.807, 2.05) is 45.0 Å². The van der Waals surface area contributed by atoms with Crippen molar-refractivity contribution in [2.45, 2.75) is 98.8 Å². The maximum atomic E-state index is 14.1. The van der Waals surface area contributed by atoms with Crippen LogP contribution in [0.2, 0.25) is 0 Å². The molecule has 214 valence electrons. The van der Waals surface area contributed by atoms with Crippen LogP contribution in [-0.4, -0.2) is 60.1 Å². The number of aryl methyl sites for hydroxylation is 1. The van der Waals surface area contributed by atoms with Gasteiger partial charge in [0.2, 0.25) is 11.8 Å². The summed E-state index contributed by atoms with van der Waals surface area (Å²) in [4.78, 5) is 53.6. The van der Waals surface area contributed by atoms with Crippen molar-refractivity contribution >= 4 is 23.9 Å². The van der Waals surface area contributed by atoms with Gasteiger partial charge in [-0.25, -0.2) is 4.79 Å². The molecule has 0 saturated heterocycles. The maximum Gasteiger partial charge on any atom is 0.408 e. The van der Waals surface area contributed by atoms with Crippen molar-refractivity contribution in [1.82, 2.24) is 15.5 Å². The Morgan fingerprint density at radius 3 is 2.29 bits per heavy atom. The first-order valence-corrected chi connectivity index (χ1v) is 13.6. The van der Waals surface area contributed by atoms with Gasteiger partial charge in [0.15, 0.2) is 0 Å². The number of rotatable bonds is 14. The lowest BCUT2D eigenvalue weighted by Crippen LogP contribution is -2.55. The minimum Gasteiger partial charge on any atom is -0.466 e. The highest BCUT2D eigenvalue weighted by atomic mass is 16.6. The molecule has 9 heteroatoms. The summed E-state index contributed by atoms with van der Waals surface area (Å²) in [6.07, 6.45) is 1.84. The number of unbranched alkanes of at least 4 members (excludes halogenated alkanes) is 2. The Kier molecular flexibility index (Phi) is 13.9. The molecule has 0 aliphatic heterocycles. The molecule has 1 rings (SSSR count). The summed E-state index contributed by atoms with van der Waals surface area (Å²) in [6.45, 7) is 15.3. The van der Waals surface area contributed by atoms with E-state index >= 15 is 0 Å².